The minimum atomic E-state index is 0. The van der Waals surface area contributed by atoms with Crippen LogP contribution in [0.5, 0.6) is 0 Å². The second kappa shape index (κ2) is 9.84. The molecule has 0 aliphatic heterocycles. The maximum Gasteiger partial charge on any atom is 0.188 e. The van der Waals surface area contributed by atoms with Crippen molar-refractivity contribution in [3.05, 3.63) is 69.7 Å². The Morgan fingerprint density at radius 3 is 2.59 bits per heavy atom. The number of benzene rings is 2. The van der Waals surface area contributed by atoms with E-state index in [1.807, 2.05) is 24.3 Å². The molecule has 0 unspecified atom stereocenters. The summed E-state index contributed by atoms with van der Waals surface area (Å²) in [6, 6.07) is 16.5. The van der Waals surface area contributed by atoms with Crippen LogP contribution in [0, 0.1) is 6.92 Å². The lowest BCUT2D eigenvalue weighted by Gasteiger charge is -2.07. The lowest BCUT2D eigenvalue weighted by Crippen LogP contribution is -2.33. The van der Waals surface area contributed by atoms with Gasteiger partial charge in [-0.2, -0.15) is 0 Å². The molecule has 0 saturated heterocycles. The molecule has 0 spiro atoms. The van der Waals surface area contributed by atoms with E-state index >= 15 is 0 Å². The summed E-state index contributed by atoms with van der Waals surface area (Å²) in [6.07, 6.45) is 0.939. The SMILES string of the molecule is Cc1cc(Br)ccc1CN=C(N)NCCc1ccccc1.I. The Morgan fingerprint density at radius 1 is 1.18 bits per heavy atom. The van der Waals surface area contributed by atoms with Gasteiger partial charge in [0.15, 0.2) is 5.96 Å². The van der Waals surface area contributed by atoms with Gasteiger partial charge in [-0.15, -0.1) is 24.0 Å². The molecule has 3 N–H and O–H groups in total. The molecule has 2 aromatic carbocycles. The molecule has 0 atom stereocenters. The molecule has 0 radical (unpaired) electrons. The summed E-state index contributed by atoms with van der Waals surface area (Å²) in [5.74, 6) is 0.494. The topological polar surface area (TPSA) is 50.4 Å². The zero-order valence-electron chi connectivity index (χ0n) is 12.6. The summed E-state index contributed by atoms with van der Waals surface area (Å²) in [5, 5.41) is 3.15. The molecule has 0 amide bonds. The number of nitrogens with one attached hydrogen (secondary N) is 1. The lowest BCUT2D eigenvalue weighted by molar-refractivity contribution is 0.847. The van der Waals surface area contributed by atoms with Gasteiger partial charge in [0.1, 0.15) is 0 Å². The Balaban J connectivity index is 0.00000242. The van der Waals surface area contributed by atoms with Gasteiger partial charge in [0, 0.05) is 11.0 Å². The second-order valence-corrected chi connectivity index (χ2v) is 5.85. The summed E-state index contributed by atoms with van der Waals surface area (Å²) in [4.78, 5) is 4.38. The monoisotopic (exact) mass is 473 g/mol. The summed E-state index contributed by atoms with van der Waals surface area (Å²) in [5.41, 5.74) is 9.59. The molecule has 0 aliphatic rings. The van der Waals surface area contributed by atoms with Crippen LogP contribution in [0.25, 0.3) is 0 Å². The van der Waals surface area contributed by atoms with E-state index in [0.29, 0.717) is 12.5 Å². The van der Waals surface area contributed by atoms with Crippen molar-refractivity contribution in [1.29, 1.82) is 0 Å². The summed E-state index contributed by atoms with van der Waals surface area (Å²) >= 11 is 3.46. The molecule has 0 heterocycles. The maximum atomic E-state index is 5.90. The van der Waals surface area contributed by atoms with Crippen molar-refractivity contribution in [1.82, 2.24) is 5.32 Å². The summed E-state index contributed by atoms with van der Waals surface area (Å²) < 4.78 is 1.08. The van der Waals surface area contributed by atoms with Crippen LogP contribution < -0.4 is 11.1 Å². The molecular formula is C17H21BrIN3. The average molecular weight is 474 g/mol. The molecular weight excluding hydrogens is 453 g/mol. The van der Waals surface area contributed by atoms with E-state index in [9.17, 15) is 0 Å². The van der Waals surface area contributed by atoms with Crippen LogP contribution in [-0.2, 0) is 13.0 Å². The van der Waals surface area contributed by atoms with E-state index in [-0.39, 0.29) is 24.0 Å². The highest BCUT2D eigenvalue weighted by Gasteiger charge is 1.99. The fourth-order valence-electron chi connectivity index (χ4n) is 2.04. The first-order valence-corrected chi connectivity index (χ1v) is 7.77. The van der Waals surface area contributed by atoms with E-state index in [4.69, 9.17) is 5.73 Å². The van der Waals surface area contributed by atoms with Gasteiger partial charge in [-0.05, 0) is 42.2 Å². The van der Waals surface area contributed by atoms with Crippen molar-refractivity contribution in [2.75, 3.05) is 6.54 Å². The molecule has 118 valence electrons. The highest BCUT2D eigenvalue weighted by atomic mass is 127. The van der Waals surface area contributed by atoms with Crippen LogP contribution in [-0.4, -0.2) is 12.5 Å². The molecule has 2 rings (SSSR count). The third-order valence-electron chi connectivity index (χ3n) is 3.29. The van der Waals surface area contributed by atoms with Crippen molar-refractivity contribution in [3.63, 3.8) is 0 Å². The quantitative estimate of drug-likeness (QED) is 0.391. The minimum absolute atomic E-state index is 0. The number of halogens is 2. The predicted octanol–water partition coefficient (Wildman–Crippen LogP) is 4.02. The highest BCUT2D eigenvalue weighted by molar-refractivity contribution is 14.0. The number of aliphatic imine (C=N–C) groups is 1. The Hall–Kier alpha value is -1.08. The van der Waals surface area contributed by atoms with E-state index < -0.39 is 0 Å². The van der Waals surface area contributed by atoms with E-state index in [0.717, 1.165) is 17.4 Å². The molecule has 22 heavy (non-hydrogen) atoms. The van der Waals surface area contributed by atoms with E-state index in [1.165, 1.54) is 16.7 Å². The number of nitrogens with two attached hydrogens (primary N) is 1. The Labute approximate surface area is 157 Å². The third-order valence-corrected chi connectivity index (χ3v) is 3.78. The fourth-order valence-corrected chi connectivity index (χ4v) is 2.52. The molecule has 0 saturated carbocycles. The first-order chi connectivity index (χ1) is 10.1. The average Bonchev–Trinajstić information content (AvgIpc) is 2.47. The van der Waals surface area contributed by atoms with Crippen LogP contribution >= 0.6 is 39.9 Å². The summed E-state index contributed by atoms with van der Waals surface area (Å²) in [6.45, 7) is 3.47. The lowest BCUT2D eigenvalue weighted by atomic mass is 10.1. The van der Waals surface area contributed by atoms with Crippen molar-refractivity contribution in [2.45, 2.75) is 19.9 Å². The largest absolute Gasteiger partial charge is 0.370 e. The van der Waals surface area contributed by atoms with Crippen LogP contribution in [0.2, 0.25) is 0 Å². The number of hydrogen-bond donors (Lipinski definition) is 2. The second-order valence-electron chi connectivity index (χ2n) is 4.93. The molecule has 5 heteroatoms. The van der Waals surface area contributed by atoms with Crippen molar-refractivity contribution >= 4 is 45.9 Å². The van der Waals surface area contributed by atoms with Gasteiger partial charge in [0.25, 0.3) is 0 Å². The summed E-state index contributed by atoms with van der Waals surface area (Å²) in [7, 11) is 0. The van der Waals surface area contributed by atoms with Crippen LogP contribution in [0.1, 0.15) is 16.7 Å². The first-order valence-electron chi connectivity index (χ1n) is 6.98. The smallest absolute Gasteiger partial charge is 0.188 e. The normalized spacial score (nSPS) is 10.9. The predicted molar refractivity (Wildman–Crippen MR) is 108 cm³/mol. The van der Waals surface area contributed by atoms with Gasteiger partial charge in [0.2, 0.25) is 0 Å². The van der Waals surface area contributed by atoms with Crippen molar-refractivity contribution in [3.8, 4) is 0 Å². The molecule has 2 aromatic rings. The Morgan fingerprint density at radius 2 is 1.91 bits per heavy atom. The van der Waals surface area contributed by atoms with Crippen molar-refractivity contribution < 1.29 is 0 Å². The number of aryl methyl sites for hydroxylation is 1. The Kier molecular flexibility index (Phi) is 8.48. The van der Waals surface area contributed by atoms with Gasteiger partial charge >= 0.3 is 0 Å². The van der Waals surface area contributed by atoms with Crippen LogP contribution in [0.4, 0.5) is 0 Å². The van der Waals surface area contributed by atoms with Gasteiger partial charge < -0.3 is 11.1 Å². The zero-order chi connectivity index (χ0) is 15.1. The standard InChI is InChI=1S/C17H20BrN3.HI/c1-13-11-16(18)8-7-15(13)12-21-17(19)20-10-9-14-5-3-2-4-6-14;/h2-8,11H,9-10,12H2,1H3,(H3,19,20,21);1H. The Bertz CT molecular complexity index is 615. The van der Waals surface area contributed by atoms with E-state index in [1.54, 1.807) is 0 Å². The van der Waals surface area contributed by atoms with Gasteiger partial charge in [-0.1, -0.05) is 52.3 Å². The molecule has 3 nitrogen and oxygen atoms in total. The third kappa shape index (κ3) is 6.36. The van der Waals surface area contributed by atoms with Crippen LogP contribution in [0.3, 0.4) is 0 Å². The molecule has 0 aromatic heterocycles. The fraction of sp³-hybridized carbons (Fsp3) is 0.235. The maximum absolute atomic E-state index is 5.90. The number of guanidine groups is 1. The van der Waals surface area contributed by atoms with Crippen molar-refractivity contribution in [2.24, 2.45) is 10.7 Å². The van der Waals surface area contributed by atoms with Crippen LogP contribution in [0.15, 0.2) is 58.0 Å². The number of hydrogen-bond acceptors (Lipinski definition) is 1. The van der Waals surface area contributed by atoms with Gasteiger partial charge in [-0.25, -0.2) is 4.99 Å². The molecule has 0 fully saturated rings. The van der Waals surface area contributed by atoms with E-state index in [2.05, 4.69) is 57.4 Å². The first kappa shape index (κ1) is 19.0. The van der Waals surface area contributed by atoms with Gasteiger partial charge in [0.05, 0.1) is 6.54 Å². The number of rotatable bonds is 5. The zero-order valence-corrected chi connectivity index (χ0v) is 16.5. The molecule has 0 aliphatic carbocycles. The number of nitrogens with zero attached hydrogens (tertiary/aromatic N) is 1. The van der Waals surface area contributed by atoms with Gasteiger partial charge in [-0.3, -0.25) is 0 Å². The molecule has 0 bridgehead atoms. The minimum Gasteiger partial charge on any atom is -0.370 e. The highest BCUT2D eigenvalue weighted by Crippen LogP contribution is 2.16.